The van der Waals surface area contributed by atoms with Gasteiger partial charge in [-0.25, -0.2) is 0 Å². The molecule has 5 nitrogen and oxygen atoms in total. The van der Waals surface area contributed by atoms with E-state index in [0.717, 1.165) is 38.3 Å². The van der Waals surface area contributed by atoms with Gasteiger partial charge in [0, 0.05) is 63.5 Å². The summed E-state index contributed by atoms with van der Waals surface area (Å²) in [5.74, 6) is 0.124. The number of aromatic nitrogens is 1. The number of pyridine rings is 1. The van der Waals surface area contributed by atoms with Crippen molar-refractivity contribution in [1.82, 2.24) is 14.8 Å². The van der Waals surface area contributed by atoms with E-state index >= 15 is 0 Å². The zero-order valence-electron chi connectivity index (χ0n) is 16.1. The average Bonchev–Trinajstić information content (AvgIpc) is 2.69. The summed E-state index contributed by atoms with van der Waals surface area (Å²) in [6.45, 7) is 8.09. The highest BCUT2D eigenvalue weighted by Crippen LogP contribution is 2.14. The summed E-state index contributed by atoms with van der Waals surface area (Å²) in [4.78, 5) is 33.1. The van der Waals surface area contributed by atoms with Crippen molar-refractivity contribution in [3.63, 3.8) is 0 Å². The summed E-state index contributed by atoms with van der Waals surface area (Å²) in [5.41, 5.74) is 4.22. The van der Waals surface area contributed by atoms with E-state index in [4.69, 9.17) is 0 Å². The Morgan fingerprint density at radius 2 is 1.63 bits per heavy atom. The van der Waals surface area contributed by atoms with Crippen LogP contribution in [0, 0.1) is 13.8 Å². The molecule has 0 spiro atoms. The molecule has 0 bridgehead atoms. The SMILES string of the molecule is Cc1ccc(C(=O)CCC(=O)N2CCN(Cc3ccncc3)CC2)cc1C. The Morgan fingerprint density at radius 1 is 0.926 bits per heavy atom. The second kappa shape index (κ2) is 8.91. The third kappa shape index (κ3) is 5.23. The second-order valence-electron chi connectivity index (χ2n) is 7.23. The Morgan fingerprint density at radius 3 is 2.30 bits per heavy atom. The fourth-order valence-corrected chi connectivity index (χ4v) is 3.34. The van der Waals surface area contributed by atoms with Crippen molar-refractivity contribution in [3.05, 3.63) is 65.0 Å². The van der Waals surface area contributed by atoms with E-state index in [2.05, 4.69) is 9.88 Å². The summed E-state index contributed by atoms with van der Waals surface area (Å²) in [7, 11) is 0. The van der Waals surface area contributed by atoms with Gasteiger partial charge in [-0.2, -0.15) is 0 Å². The van der Waals surface area contributed by atoms with Crippen molar-refractivity contribution in [1.29, 1.82) is 0 Å². The van der Waals surface area contributed by atoms with Crippen LogP contribution >= 0.6 is 0 Å². The van der Waals surface area contributed by atoms with Gasteiger partial charge in [0.1, 0.15) is 0 Å². The molecule has 0 N–H and O–H groups in total. The van der Waals surface area contributed by atoms with Crippen molar-refractivity contribution in [3.8, 4) is 0 Å². The standard InChI is InChI=1S/C22H27N3O2/c1-17-3-4-20(15-18(17)2)21(26)5-6-22(27)25-13-11-24(12-14-25)16-19-7-9-23-10-8-19/h3-4,7-10,15H,5-6,11-14,16H2,1-2H3. The Balaban J connectivity index is 1.44. The molecule has 1 saturated heterocycles. The molecule has 1 aromatic carbocycles. The van der Waals surface area contributed by atoms with Gasteiger partial charge < -0.3 is 4.90 Å². The number of carbonyl (C=O) groups is 2. The van der Waals surface area contributed by atoms with Gasteiger partial charge in [-0.3, -0.25) is 19.5 Å². The fourth-order valence-electron chi connectivity index (χ4n) is 3.34. The van der Waals surface area contributed by atoms with Crippen LogP contribution in [-0.2, 0) is 11.3 Å². The second-order valence-corrected chi connectivity index (χ2v) is 7.23. The lowest BCUT2D eigenvalue weighted by Crippen LogP contribution is -2.48. The molecular weight excluding hydrogens is 338 g/mol. The van der Waals surface area contributed by atoms with Crippen LogP contribution in [0.1, 0.15) is 39.9 Å². The van der Waals surface area contributed by atoms with Crippen LogP contribution < -0.4 is 0 Å². The Labute approximate surface area is 161 Å². The smallest absolute Gasteiger partial charge is 0.223 e. The molecular formula is C22H27N3O2. The van der Waals surface area contributed by atoms with Crippen molar-refractivity contribution in [2.75, 3.05) is 26.2 Å². The van der Waals surface area contributed by atoms with E-state index in [1.54, 1.807) is 0 Å². The number of Topliss-reactive ketones (excluding diaryl/α,β-unsaturated/α-hetero) is 1. The summed E-state index contributed by atoms with van der Waals surface area (Å²) in [6, 6.07) is 9.78. The summed E-state index contributed by atoms with van der Waals surface area (Å²) in [5, 5.41) is 0. The van der Waals surface area contributed by atoms with Gasteiger partial charge in [-0.05, 0) is 48.7 Å². The molecule has 2 aromatic rings. The monoisotopic (exact) mass is 365 g/mol. The van der Waals surface area contributed by atoms with E-state index in [1.807, 2.05) is 61.5 Å². The predicted molar refractivity (Wildman–Crippen MR) is 106 cm³/mol. The molecule has 1 aliphatic rings. The first-order valence-electron chi connectivity index (χ1n) is 9.52. The van der Waals surface area contributed by atoms with Gasteiger partial charge in [0.05, 0.1) is 0 Å². The molecule has 2 heterocycles. The quantitative estimate of drug-likeness (QED) is 0.739. The molecule has 0 aliphatic carbocycles. The molecule has 0 atom stereocenters. The van der Waals surface area contributed by atoms with Crippen molar-refractivity contribution >= 4 is 11.7 Å². The van der Waals surface area contributed by atoms with Crippen molar-refractivity contribution in [2.24, 2.45) is 0 Å². The van der Waals surface area contributed by atoms with Crippen LogP contribution in [0.15, 0.2) is 42.7 Å². The summed E-state index contributed by atoms with van der Waals surface area (Å²) >= 11 is 0. The van der Waals surface area contributed by atoms with Crippen LogP contribution in [0.3, 0.4) is 0 Å². The molecule has 1 aromatic heterocycles. The first kappa shape index (κ1) is 19.2. The van der Waals surface area contributed by atoms with Gasteiger partial charge in [0.15, 0.2) is 5.78 Å². The van der Waals surface area contributed by atoms with E-state index < -0.39 is 0 Å². The normalized spacial score (nSPS) is 15.0. The lowest BCUT2D eigenvalue weighted by molar-refractivity contribution is -0.132. The number of carbonyl (C=O) groups excluding carboxylic acids is 2. The molecule has 1 aliphatic heterocycles. The Kier molecular flexibility index (Phi) is 6.35. The van der Waals surface area contributed by atoms with Crippen LogP contribution in [0.25, 0.3) is 0 Å². The first-order chi connectivity index (χ1) is 13.0. The van der Waals surface area contributed by atoms with E-state index in [-0.39, 0.29) is 24.5 Å². The van der Waals surface area contributed by atoms with Gasteiger partial charge in [0.25, 0.3) is 0 Å². The highest BCUT2D eigenvalue weighted by Gasteiger charge is 2.21. The third-order valence-electron chi connectivity index (χ3n) is 5.28. The van der Waals surface area contributed by atoms with Crippen molar-refractivity contribution < 1.29 is 9.59 Å². The fraction of sp³-hybridized carbons (Fsp3) is 0.409. The van der Waals surface area contributed by atoms with Crippen LogP contribution in [-0.4, -0.2) is 52.7 Å². The number of hydrogen-bond acceptors (Lipinski definition) is 4. The molecule has 0 unspecified atom stereocenters. The van der Waals surface area contributed by atoms with E-state index in [9.17, 15) is 9.59 Å². The molecule has 142 valence electrons. The maximum Gasteiger partial charge on any atom is 0.223 e. The zero-order valence-corrected chi connectivity index (χ0v) is 16.1. The van der Waals surface area contributed by atoms with Gasteiger partial charge in [-0.15, -0.1) is 0 Å². The first-order valence-corrected chi connectivity index (χ1v) is 9.52. The average molecular weight is 365 g/mol. The van der Waals surface area contributed by atoms with Gasteiger partial charge in [0.2, 0.25) is 5.91 Å². The Bertz CT molecular complexity index is 796. The maximum atomic E-state index is 12.5. The third-order valence-corrected chi connectivity index (χ3v) is 5.28. The van der Waals surface area contributed by atoms with Gasteiger partial charge >= 0.3 is 0 Å². The number of rotatable bonds is 6. The van der Waals surface area contributed by atoms with Gasteiger partial charge in [-0.1, -0.05) is 12.1 Å². The molecule has 1 fully saturated rings. The molecule has 0 saturated carbocycles. The summed E-state index contributed by atoms with van der Waals surface area (Å²) in [6.07, 6.45) is 4.18. The molecule has 0 radical (unpaired) electrons. The number of benzene rings is 1. The summed E-state index contributed by atoms with van der Waals surface area (Å²) < 4.78 is 0. The van der Waals surface area contributed by atoms with E-state index in [0.29, 0.717) is 5.56 Å². The van der Waals surface area contributed by atoms with Crippen LogP contribution in [0.4, 0.5) is 0 Å². The lowest BCUT2D eigenvalue weighted by atomic mass is 10.0. The predicted octanol–water partition coefficient (Wildman–Crippen LogP) is 3.01. The Hall–Kier alpha value is -2.53. The zero-order chi connectivity index (χ0) is 19.2. The highest BCUT2D eigenvalue weighted by atomic mass is 16.2. The van der Waals surface area contributed by atoms with Crippen LogP contribution in [0.5, 0.6) is 0 Å². The minimum atomic E-state index is 0.0442. The number of ketones is 1. The number of hydrogen-bond donors (Lipinski definition) is 0. The number of piperazine rings is 1. The van der Waals surface area contributed by atoms with Crippen LogP contribution in [0.2, 0.25) is 0 Å². The maximum absolute atomic E-state index is 12.5. The number of amides is 1. The molecule has 27 heavy (non-hydrogen) atoms. The highest BCUT2D eigenvalue weighted by molar-refractivity contribution is 5.98. The largest absolute Gasteiger partial charge is 0.340 e. The molecule has 5 heteroatoms. The van der Waals surface area contributed by atoms with E-state index in [1.165, 1.54) is 11.1 Å². The minimum absolute atomic E-state index is 0.0442. The minimum Gasteiger partial charge on any atom is -0.340 e. The number of aryl methyl sites for hydroxylation is 2. The topological polar surface area (TPSA) is 53.5 Å². The lowest BCUT2D eigenvalue weighted by Gasteiger charge is -2.34. The molecule has 3 rings (SSSR count). The van der Waals surface area contributed by atoms with Crippen molar-refractivity contribution in [2.45, 2.75) is 33.2 Å². The number of nitrogens with zero attached hydrogens (tertiary/aromatic N) is 3. The molecule has 1 amide bonds.